The van der Waals surface area contributed by atoms with Crippen molar-refractivity contribution in [2.24, 2.45) is 0 Å². The number of aromatic nitrogens is 2. The Morgan fingerprint density at radius 3 is 2.50 bits per heavy atom. The number of nitrogens with one attached hydrogen (secondary N) is 1. The highest BCUT2D eigenvalue weighted by atomic mass is 16.6. The smallest absolute Gasteiger partial charge is 0.329 e. The lowest BCUT2D eigenvalue weighted by molar-refractivity contribution is -0.384. The van der Waals surface area contributed by atoms with E-state index in [2.05, 4.69) is 34.0 Å². The van der Waals surface area contributed by atoms with E-state index in [1.165, 1.54) is 6.20 Å². The van der Waals surface area contributed by atoms with Crippen LogP contribution in [0.25, 0.3) is 0 Å². The number of anilines is 2. The second kappa shape index (κ2) is 6.00. The number of nitrogens with zero attached hydrogens (tertiary/aromatic N) is 5. The summed E-state index contributed by atoms with van der Waals surface area (Å²) in [7, 11) is 1.70. The predicted octanol–water partition coefficient (Wildman–Crippen LogP) is 0.957. The van der Waals surface area contributed by atoms with Crippen molar-refractivity contribution in [3.63, 3.8) is 0 Å². The van der Waals surface area contributed by atoms with Gasteiger partial charge in [-0.3, -0.25) is 15.0 Å². The zero-order valence-electron chi connectivity index (χ0n) is 12.0. The van der Waals surface area contributed by atoms with Crippen LogP contribution in [0.3, 0.4) is 0 Å². The van der Waals surface area contributed by atoms with Gasteiger partial charge in [-0.2, -0.15) is 4.98 Å². The minimum Gasteiger partial charge on any atom is -0.357 e. The number of nitro groups is 1. The zero-order valence-corrected chi connectivity index (χ0v) is 12.0. The topological polar surface area (TPSA) is 87.4 Å². The maximum absolute atomic E-state index is 11.1. The number of rotatable bonds is 4. The summed E-state index contributed by atoms with van der Waals surface area (Å²) in [5, 5.41) is 13.9. The van der Waals surface area contributed by atoms with Crippen molar-refractivity contribution >= 4 is 17.5 Å². The average molecular weight is 280 g/mol. The first-order chi connectivity index (χ1) is 9.52. The fourth-order valence-electron chi connectivity index (χ4n) is 2.30. The van der Waals surface area contributed by atoms with Crippen LogP contribution in [0.1, 0.15) is 13.8 Å². The van der Waals surface area contributed by atoms with Gasteiger partial charge in [0.2, 0.25) is 11.8 Å². The van der Waals surface area contributed by atoms with E-state index in [4.69, 9.17) is 0 Å². The van der Waals surface area contributed by atoms with Gasteiger partial charge in [-0.15, -0.1) is 0 Å². The van der Waals surface area contributed by atoms with E-state index in [-0.39, 0.29) is 5.69 Å². The van der Waals surface area contributed by atoms with Crippen molar-refractivity contribution in [1.82, 2.24) is 14.9 Å². The Kier molecular flexibility index (Phi) is 4.33. The van der Waals surface area contributed by atoms with Crippen molar-refractivity contribution in [3.8, 4) is 0 Å². The van der Waals surface area contributed by atoms with Gasteiger partial charge in [0.25, 0.3) is 0 Å². The summed E-state index contributed by atoms with van der Waals surface area (Å²) >= 11 is 0. The van der Waals surface area contributed by atoms with Crippen LogP contribution in [0, 0.1) is 10.1 Å². The van der Waals surface area contributed by atoms with Crippen molar-refractivity contribution < 1.29 is 4.92 Å². The third-order valence-corrected chi connectivity index (χ3v) is 3.51. The molecule has 2 rings (SSSR count). The van der Waals surface area contributed by atoms with E-state index in [0.717, 1.165) is 26.2 Å². The highest BCUT2D eigenvalue weighted by Crippen LogP contribution is 2.27. The zero-order chi connectivity index (χ0) is 14.7. The Morgan fingerprint density at radius 1 is 1.35 bits per heavy atom. The van der Waals surface area contributed by atoms with E-state index in [9.17, 15) is 10.1 Å². The molecular weight excluding hydrogens is 260 g/mol. The van der Waals surface area contributed by atoms with Crippen LogP contribution < -0.4 is 10.2 Å². The molecule has 0 spiro atoms. The van der Waals surface area contributed by atoms with Crippen LogP contribution >= 0.6 is 0 Å². The molecule has 110 valence electrons. The molecular formula is C12H20N6O2. The van der Waals surface area contributed by atoms with E-state index in [0.29, 0.717) is 17.8 Å². The van der Waals surface area contributed by atoms with Gasteiger partial charge in [0.05, 0.1) is 4.92 Å². The second-order valence-corrected chi connectivity index (χ2v) is 5.03. The first-order valence-corrected chi connectivity index (χ1v) is 6.71. The molecule has 8 nitrogen and oxygen atoms in total. The predicted molar refractivity (Wildman–Crippen MR) is 77.2 cm³/mol. The van der Waals surface area contributed by atoms with Gasteiger partial charge >= 0.3 is 5.69 Å². The molecule has 0 amide bonds. The van der Waals surface area contributed by atoms with Gasteiger partial charge in [-0.25, -0.2) is 4.98 Å². The monoisotopic (exact) mass is 280 g/mol. The molecule has 0 aliphatic carbocycles. The van der Waals surface area contributed by atoms with Crippen LogP contribution in [-0.2, 0) is 0 Å². The van der Waals surface area contributed by atoms with Crippen molar-refractivity contribution in [1.29, 1.82) is 0 Å². The first kappa shape index (κ1) is 14.4. The van der Waals surface area contributed by atoms with E-state index in [1.54, 1.807) is 7.05 Å². The lowest BCUT2D eigenvalue weighted by Crippen LogP contribution is -2.49. The Balaban J connectivity index is 2.21. The first-order valence-electron chi connectivity index (χ1n) is 6.71. The van der Waals surface area contributed by atoms with Crippen molar-refractivity contribution in [3.05, 3.63) is 16.3 Å². The molecule has 8 heteroatoms. The minimum atomic E-state index is -0.427. The van der Waals surface area contributed by atoms with Crippen LogP contribution in [0.5, 0.6) is 0 Å². The van der Waals surface area contributed by atoms with Gasteiger partial charge < -0.3 is 10.2 Å². The highest BCUT2D eigenvalue weighted by Gasteiger charge is 2.26. The molecule has 1 aromatic heterocycles. The van der Waals surface area contributed by atoms with E-state index >= 15 is 0 Å². The summed E-state index contributed by atoms with van der Waals surface area (Å²) in [5.41, 5.74) is -0.0398. The largest absolute Gasteiger partial charge is 0.357 e. The third kappa shape index (κ3) is 2.96. The number of hydrogen-bond acceptors (Lipinski definition) is 7. The van der Waals surface area contributed by atoms with Gasteiger partial charge in [0.15, 0.2) is 0 Å². The van der Waals surface area contributed by atoms with Crippen LogP contribution in [0.2, 0.25) is 0 Å². The summed E-state index contributed by atoms with van der Waals surface area (Å²) < 4.78 is 0. The molecule has 1 fully saturated rings. The van der Waals surface area contributed by atoms with Crippen LogP contribution in [0.15, 0.2) is 6.20 Å². The maximum Gasteiger partial charge on any atom is 0.329 e. The summed E-state index contributed by atoms with van der Waals surface area (Å²) in [6, 6.07) is 0.491. The summed E-state index contributed by atoms with van der Waals surface area (Å²) in [6.45, 7) is 7.55. The molecule has 1 saturated heterocycles. The highest BCUT2D eigenvalue weighted by molar-refractivity contribution is 5.59. The fourth-order valence-corrected chi connectivity index (χ4v) is 2.30. The van der Waals surface area contributed by atoms with E-state index < -0.39 is 4.92 Å². The third-order valence-electron chi connectivity index (χ3n) is 3.51. The van der Waals surface area contributed by atoms with E-state index in [1.807, 2.05) is 4.90 Å². The standard InChI is InChI=1S/C12H20N6O2/c1-9(2)16-4-6-17(7-5-16)11-10(18(19)20)8-14-12(13-3)15-11/h8-9H,4-7H2,1-3H3,(H,13,14,15). The van der Waals surface area contributed by atoms with Crippen molar-refractivity contribution in [2.45, 2.75) is 19.9 Å². The van der Waals surface area contributed by atoms with Gasteiger partial charge in [0, 0.05) is 39.3 Å². The number of hydrogen-bond donors (Lipinski definition) is 1. The lowest BCUT2D eigenvalue weighted by Gasteiger charge is -2.37. The summed E-state index contributed by atoms with van der Waals surface area (Å²) in [4.78, 5) is 23.2. The Hall–Kier alpha value is -1.96. The van der Waals surface area contributed by atoms with Crippen LogP contribution in [-0.4, -0.2) is 59.1 Å². The molecule has 0 atom stereocenters. The van der Waals surface area contributed by atoms with Gasteiger partial charge in [0.1, 0.15) is 6.20 Å². The molecule has 0 radical (unpaired) electrons. The van der Waals surface area contributed by atoms with Crippen molar-refractivity contribution in [2.75, 3.05) is 43.4 Å². The number of piperazine rings is 1. The quantitative estimate of drug-likeness (QED) is 0.649. The summed E-state index contributed by atoms with van der Waals surface area (Å²) in [6.07, 6.45) is 1.27. The molecule has 1 aliphatic rings. The molecule has 0 bridgehead atoms. The van der Waals surface area contributed by atoms with Gasteiger partial charge in [-0.1, -0.05) is 0 Å². The minimum absolute atomic E-state index is 0.0398. The van der Waals surface area contributed by atoms with Gasteiger partial charge in [-0.05, 0) is 13.8 Å². The molecule has 1 aliphatic heterocycles. The average Bonchev–Trinajstić information content (AvgIpc) is 2.46. The molecule has 0 unspecified atom stereocenters. The SMILES string of the molecule is CNc1ncc([N+](=O)[O-])c(N2CCN(C(C)C)CC2)n1. The Bertz CT molecular complexity index is 485. The fraction of sp³-hybridized carbons (Fsp3) is 0.667. The Morgan fingerprint density at radius 2 is 2.00 bits per heavy atom. The van der Waals surface area contributed by atoms with Crippen LogP contribution in [0.4, 0.5) is 17.5 Å². The second-order valence-electron chi connectivity index (χ2n) is 5.03. The molecule has 1 aromatic rings. The molecule has 0 saturated carbocycles. The molecule has 2 heterocycles. The normalized spacial score (nSPS) is 16.5. The molecule has 20 heavy (non-hydrogen) atoms. The lowest BCUT2D eigenvalue weighted by atomic mass is 10.2. The molecule has 0 aromatic carbocycles. The molecule has 1 N–H and O–H groups in total. The Labute approximate surface area is 118 Å². The maximum atomic E-state index is 11.1. The summed E-state index contributed by atoms with van der Waals surface area (Å²) in [5.74, 6) is 0.801.